The molecule has 0 aliphatic rings. The van der Waals surface area contributed by atoms with E-state index < -0.39 is 9.84 Å². The Labute approximate surface area is 148 Å². The largest absolute Gasteiger partial charge is 0.349 e. The first kappa shape index (κ1) is 16.2. The van der Waals surface area contributed by atoms with Crippen molar-refractivity contribution < 1.29 is 8.42 Å². The third-order valence-electron chi connectivity index (χ3n) is 4.14. The van der Waals surface area contributed by atoms with Crippen molar-refractivity contribution in [1.82, 2.24) is 19.6 Å². The molecule has 26 heavy (non-hydrogen) atoms. The van der Waals surface area contributed by atoms with Crippen molar-refractivity contribution in [2.24, 2.45) is 0 Å². The van der Waals surface area contributed by atoms with Crippen LogP contribution in [0.15, 0.2) is 75.6 Å². The highest BCUT2D eigenvalue weighted by Gasteiger charge is 2.20. The maximum atomic E-state index is 12.8. The molecule has 8 heteroatoms. The molecule has 0 spiro atoms. The van der Waals surface area contributed by atoms with E-state index in [1.807, 2.05) is 0 Å². The SMILES string of the molecule is Cc1cc(-c2cnn3c(=O)[nH]cnc23)ccc1S(=O)(=O)c1ccccc1. The Morgan fingerprint density at radius 3 is 2.58 bits per heavy atom. The van der Waals surface area contributed by atoms with E-state index in [9.17, 15) is 13.2 Å². The van der Waals surface area contributed by atoms with Crippen molar-refractivity contribution in [2.45, 2.75) is 16.7 Å². The number of aromatic amines is 1. The normalized spacial score (nSPS) is 11.7. The van der Waals surface area contributed by atoms with Crippen molar-refractivity contribution in [3.8, 4) is 11.1 Å². The van der Waals surface area contributed by atoms with Gasteiger partial charge in [-0.15, -0.1) is 0 Å². The number of H-pyrrole nitrogens is 1. The van der Waals surface area contributed by atoms with Crippen LogP contribution in [0.4, 0.5) is 0 Å². The lowest BCUT2D eigenvalue weighted by molar-refractivity contribution is 0.595. The van der Waals surface area contributed by atoms with Crippen molar-refractivity contribution >= 4 is 15.5 Å². The summed E-state index contributed by atoms with van der Waals surface area (Å²) in [5, 5.41) is 4.04. The Kier molecular flexibility index (Phi) is 3.69. The van der Waals surface area contributed by atoms with E-state index in [1.54, 1.807) is 55.5 Å². The van der Waals surface area contributed by atoms with E-state index in [1.165, 1.54) is 17.0 Å². The van der Waals surface area contributed by atoms with E-state index in [-0.39, 0.29) is 15.5 Å². The van der Waals surface area contributed by atoms with Gasteiger partial charge in [-0.05, 0) is 42.3 Å². The molecule has 2 aromatic heterocycles. The van der Waals surface area contributed by atoms with Crippen LogP contribution < -0.4 is 5.69 Å². The first-order chi connectivity index (χ1) is 12.5. The summed E-state index contributed by atoms with van der Waals surface area (Å²) in [6.07, 6.45) is 2.85. The van der Waals surface area contributed by atoms with Gasteiger partial charge in [0, 0.05) is 5.56 Å². The molecule has 0 saturated heterocycles. The molecule has 0 saturated carbocycles. The highest BCUT2D eigenvalue weighted by Crippen LogP contribution is 2.29. The van der Waals surface area contributed by atoms with Crippen LogP contribution in [-0.2, 0) is 9.84 Å². The van der Waals surface area contributed by atoms with Gasteiger partial charge in [0.25, 0.3) is 0 Å². The Morgan fingerprint density at radius 1 is 1.08 bits per heavy atom. The van der Waals surface area contributed by atoms with Gasteiger partial charge in [-0.2, -0.15) is 9.61 Å². The van der Waals surface area contributed by atoms with Gasteiger partial charge in [0.05, 0.1) is 22.3 Å². The summed E-state index contributed by atoms with van der Waals surface area (Å²) in [6.45, 7) is 1.74. The predicted molar refractivity (Wildman–Crippen MR) is 95.7 cm³/mol. The van der Waals surface area contributed by atoms with E-state index in [0.717, 1.165) is 5.56 Å². The van der Waals surface area contributed by atoms with Gasteiger partial charge < -0.3 is 0 Å². The average molecular weight is 366 g/mol. The topological polar surface area (TPSA) is 97.2 Å². The molecule has 0 bridgehead atoms. The molecule has 0 amide bonds. The number of aromatic nitrogens is 4. The van der Waals surface area contributed by atoms with Crippen molar-refractivity contribution in [2.75, 3.05) is 0 Å². The fourth-order valence-corrected chi connectivity index (χ4v) is 4.37. The minimum Gasteiger partial charge on any atom is -0.296 e. The van der Waals surface area contributed by atoms with Crippen LogP contribution >= 0.6 is 0 Å². The van der Waals surface area contributed by atoms with Gasteiger partial charge in [0.1, 0.15) is 0 Å². The Hall–Kier alpha value is -3.26. The highest BCUT2D eigenvalue weighted by atomic mass is 32.2. The molecule has 1 N–H and O–H groups in total. The summed E-state index contributed by atoms with van der Waals surface area (Å²) >= 11 is 0. The molecule has 0 radical (unpaired) electrons. The predicted octanol–water partition coefficient (Wildman–Crippen LogP) is 2.23. The number of sulfone groups is 1. The smallest absolute Gasteiger partial charge is 0.296 e. The summed E-state index contributed by atoms with van der Waals surface area (Å²) in [5.74, 6) is 0. The fourth-order valence-electron chi connectivity index (χ4n) is 2.87. The molecule has 2 heterocycles. The maximum Gasteiger partial charge on any atom is 0.349 e. The molecule has 4 aromatic rings. The average Bonchev–Trinajstić information content (AvgIpc) is 3.07. The second kappa shape index (κ2) is 5.92. The number of nitrogens with zero attached hydrogens (tertiary/aromatic N) is 3. The molecule has 0 fully saturated rings. The lowest BCUT2D eigenvalue weighted by Gasteiger charge is -2.09. The van der Waals surface area contributed by atoms with Crippen LogP contribution in [-0.4, -0.2) is 28.0 Å². The molecule has 0 unspecified atom stereocenters. The molecule has 130 valence electrons. The molecule has 0 atom stereocenters. The van der Waals surface area contributed by atoms with Crippen molar-refractivity contribution in [3.05, 3.63) is 77.1 Å². The summed E-state index contributed by atoms with van der Waals surface area (Å²) in [5.41, 5.74) is 2.02. The summed E-state index contributed by atoms with van der Waals surface area (Å²) < 4.78 is 26.8. The monoisotopic (exact) mass is 366 g/mol. The molecule has 0 aliphatic heterocycles. The van der Waals surface area contributed by atoms with Gasteiger partial charge in [0.2, 0.25) is 9.84 Å². The zero-order valence-corrected chi connectivity index (χ0v) is 14.6. The van der Waals surface area contributed by atoms with Crippen LogP contribution in [0.25, 0.3) is 16.8 Å². The molecule has 7 nitrogen and oxygen atoms in total. The third kappa shape index (κ3) is 2.51. The number of rotatable bonds is 3. The first-order valence-corrected chi connectivity index (χ1v) is 9.29. The molecular formula is C18H14N4O3S. The number of hydrogen-bond donors (Lipinski definition) is 1. The van der Waals surface area contributed by atoms with E-state index in [0.29, 0.717) is 16.8 Å². The van der Waals surface area contributed by atoms with E-state index in [4.69, 9.17) is 0 Å². The van der Waals surface area contributed by atoms with Crippen LogP contribution in [0, 0.1) is 6.92 Å². The number of fused-ring (bicyclic) bond motifs is 1. The van der Waals surface area contributed by atoms with Crippen molar-refractivity contribution in [1.29, 1.82) is 0 Å². The Balaban J connectivity index is 1.84. The van der Waals surface area contributed by atoms with Crippen molar-refractivity contribution in [3.63, 3.8) is 0 Å². The summed E-state index contributed by atoms with van der Waals surface area (Å²) in [4.78, 5) is 18.9. The van der Waals surface area contributed by atoms with Crippen LogP contribution in [0.5, 0.6) is 0 Å². The van der Waals surface area contributed by atoms with Crippen LogP contribution in [0.1, 0.15) is 5.56 Å². The van der Waals surface area contributed by atoms with Crippen LogP contribution in [0.2, 0.25) is 0 Å². The zero-order chi connectivity index (χ0) is 18.3. The minimum absolute atomic E-state index is 0.245. The number of benzene rings is 2. The number of hydrogen-bond acceptors (Lipinski definition) is 5. The van der Waals surface area contributed by atoms with Gasteiger partial charge in [-0.25, -0.2) is 18.2 Å². The third-order valence-corrected chi connectivity index (χ3v) is 6.07. The molecular weight excluding hydrogens is 352 g/mol. The molecule has 0 aliphatic carbocycles. The van der Waals surface area contributed by atoms with Gasteiger partial charge in [-0.3, -0.25) is 4.98 Å². The number of nitrogens with one attached hydrogen (secondary N) is 1. The van der Waals surface area contributed by atoms with Crippen LogP contribution in [0.3, 0.4) is 0 Å². The Morgan fingerprint density at radius 2 is 1.85 bits per heavy atom. The first-order valence-electron chi connectivity index (χ1n) is 7.81. The van der Waals surface area contributed by atoms with E-state index >= 15 is 0 Å². The quantitative estimate of drug-likeness (QED) is 0.600. The summed E-state index contributed by atoms with van der Waals surface area (Å²) in [7, 11) is -3.60. The maximum absolute atomic E-state index is 12.8. The second-order valence-corrected chi connectivity index (χ2v) is 7.72. The van der Waals surface area contributed by atoms with E-state index in [2.05, 4.69) is 15.1 Å². The van der Waals surface area contributed by atoms with Gasteiger partial charge >= 0.3 is 5.69 Å². The standard InChI is InChI=1S/C18H14N4O3S/c1-12-9-13(15-10-21-22-17(15)19-11-20-18(22)23)7-8-16(12)26(24,25)14-5-3-2-4-6-14/h2-11H,1H3,(H,19,20,23). The molecule has 4 rings (SSSR count). The fraction of sp³-hybridized carbons (Fsp3) is 0.0556. The summed E-state index contributed by atoms with van der Waals surface area (Å²) in [6, 6.07) is 13.3. The second-order valence-electron chi connectivity index (χ2n) is 5.80. The van der Waals surface area contributed by atoms with Gasteiger partial charge in [0.15, 0.2) is 5.65 Å². The highest BCUT2D eigenvalue weighted by molar-refractivity contribution is 7.91. The zero-order valence-electron chi connectivity index (χ0n) is 13.7. The molecule has 2 aromatic carbocycles. The van der Waals surface area contributed by atoms with Gasteiger partial charge in [-0.1, -0.05) is 24.3 Å². The minimum atomic E-state index is -3.60. The lowest BCUT2D eigenvalue weighted by Crippen LogP contribution is -2.17. The Bertz CT molecular complexity index is 1270. The number of aryl methyl sites for hydroxylation is 1. The lowest BCUT2D eigenvalue weighted by atomic mass is 10.1.